The van der Waals surface area contributed by atoms with Crippen molar-refractivity contribution in [1.29, 1.82) is 5.26 Å². The van der Waals surface area contributed by atoms with Gasteiger partial charge in [0.25, 0.3) is 5.91 Å². The number of nitrogens with zero attached hydrogens (tertiary/aromatic N) is 3. The third-order valence-corrected chi connectivity index (χ3v) is 4.33. The molecule has 5 heteroatoms. The quantitative estimate of drug-likeness (QED) is 0.858. The van der Waals surface area contributed by atoms with E-state index in [0.29, 0.717) is 23.9 Å². The van der Waals surface area contributed by atoms with Crippen LogP contribution < -0.4 is 4.74 Å². The van der Waals surface area contributed by atoms with Gasteiger partial charge >= 0.3 is 0 Å². The van der Waals surface area contributed by atoms with Crippen molar-refractivity contribution in [3.8, 4) is 11.9 Å². The number of ether oxygens (including phenoxy) is 1. The van der Waals surface area contributed by atoms with Crippen LogP contribution in [0.1, 0.15) is 31.7 Å². The Labute approximate surface area is 142 Å². The molecule has 1 unspecified atom stereocenters. The summed E-state index contributed by atoms with van der Waals surface area (Å²) in [6, 6.07) is 5.36. The molecule has 1 aliphatic carbocycles. The maximum Gasteiger partial charge on any atom is 0.253 e. The first-order chi connectivity index (χ1) is 11.7. The third-order valence-electron chi connectivity index (χ3n) is 4.33. The average molecular weight is 323 g/mol. The van der Waals surface area contributed by atoms with E-state index in [2.05, 4.69) is 24.1 Å². The highest BCUT2D eigenvalue weighted by molar-refractivity contribution is 5.96. The van der Waals surface area contributed by atoms with E-state index in [4.69, 9.17) is 10.00 Å². The Balaban J connectivity index is 1.65. The molecule has 0 radical (unpaired) electrons. The zero-order chi connectivity index (χ0) is 16.9. The van der Waals surface area contributed by atoms with E-state index in [0.717, 1.165) is 31.4 Å². The number of amides is 1. The van der Waals surface area contributed by atoms with Crippen LogP contribution in [0.5, 0.6) is 5.88 Å². The van der Waals surface area contributed by atoms with Crippen molar-refractivity contribution in [2.45, 2.75) is 32.3 Å². The molecule has 5 nitrogen and oxygen atoms in total. The SMILES string of the molecule is CC1C=C(C(=O)N2CCC[C@@H](Oc3cc(C#N)ccn3)C2)C=CC1. The number of pyridine rings is 1. The summed E-state index contributed by atoms with van der Waals surface area (Å²) in [5.41, 5.74) is 1.30. The molecule has 1 aromatic rings. The van der Waals surface area contributed by atoms with Crippen LogP contribution in [-0.2, 0) is 4.79 Å². The van der Waals surface area contributed by atoms with E-state index in [1.165, 1.54) is 0 Å². The predicted molar refractivity (Wildman–Crippen MR) is 90.2 cm³/mol. The van der Waals surface area contributed by atoms with Gasteiger partial charge in [-0.25, -0.2) is 4.98 Å². The van der Waals surface area contributed by atoms with Crippen LogP contribution in [0, 0.1) is 17.2 Å². The van der Waals surface area contributed by atoms with E-state index in [1.807, 2.05) is 17.1 Å². The average Bonchev–Trinajstić information content (AvgIpc) is 2.61. The van der Waals surface area contributed by atoms with Crippen LogP contribution in [0.25, 0.3) is 0 Å². The van der Waals surface area contributed by atoms with Gasteiger partial charge in [0.15, 0.2) is 0 Å². The number of hydrogen-bond acceptors (Lipinski definition) is 4. The van der Waals surface area contributed by atoms with Crippen LogP contribution in [0.3, 0.4) is 0 Å². The molecule has 3 rings (SSSR count). The molecule has 1 saturated heterocycles. The second-order valence-corrected chi connectivity index (χ2v) is 6.37. The lowest BCUT2D eigenvalue weighted by Gasteiger charge is -2.33. The minimum absolute atomic E-state index is 0.0739. The molecule has 1 aliphatic heterocycles. The Morgan fingerprint density at radius 1 is 1.50 bits per heavy atom. The van der Waals surface area contributed by atoms with Crippen LogP contribution in [0.2, 0.25) is 0 Å². The molecule has 1 amide bonds. The summed E-state index contributed by atoms with van der Waals surface area (Å²) in [6.07, 6.45) is 10.3. The fourth-order valence-corrected chi connectivity index (χ4v) is 3.10. The van der Waals surface area contributed by atoms with Gasteiger partial charge in [-0.2, -0.15) is 5.26 Å². The third kappa shape index (κ3) is 3.83. The number of aromatic nitrogens is 1. The summed E-state index contributed by atoms with van der Waals surface area (Å²) in [7, 11) is 0. The normalized spacial score (nSPS) is 23.3. The summed E-state index contributed by atoms with van der Waals surface area (Å²) < 4.78 is 5.89. The van der Waals surface area contributed by atoms with Crippen LogP contribution in [-0.4, -0.2) is 35.0 Å². The monoisotopic (exact) mass is 323 g/mol. The molecule has 1 aromatic heterocycles. The lowest BCUT2D eigenvalue weighted by molar-refractivity contribution is -0.129. The molecule has 2 atom stereocenters. The summed E-state index contributed by atoms with van der Waals surface area (Å²) >= 11 is 0. The van der Waals surface area contributed by atoms with Gasteiger partial charge < -0.3 is 9.64 Å². The number of nitriles is 1. The molecule has 0 spiro atoms. The predicted octanol–water partition coefficient (Wildman–Crippen LogP) is 2.85. The van der Waals surface area contributed by atoms with Crippen molar-refractivity contribution >= 4 is 5.91 Å². The largest absolute Gasteiger partial charge is 0.472 e. The first-order valence-electron chi connectivity index (χ1n) is 8.36. The molecular weight excluding hydrogens is 302 g/mol. The van der Waals surface area contributed by atoms with Gasteiger partial charge in [0, 0.05) is 24.4 Å². The van der Waals surface area contributed by atoms with Gasteiger partial charge in [0.2, 0.25) is 5.88 Å². The molecular formula is C19H21N3O2. The van der Waals surface area contributed by atoms with Gasteiger partial charge in [-0.1, -0.05) is 25.2 Å². The highest BCUT2D eigenvalue weighted by Crippen LogP contribution is 2.22. The highest BCUT2D eigenvalue weighted by Gasteiger charge is 2.27. The zero-order valence-corrected chi connectivity index (χ0v) is 13.8. The van der Waals surface area contributed by atoms with E-state index in [9.17, 15) is 4.79 Å². The van der Waals surface area contributed by atoms with E-state index in [1.54, 1.807) is 18.3 Å². The Hall–Kier alpha value is -2.61. The number of allylic oxidation sites excluding steroid dienone is 2. The number of piperidine rings is 1. The van der Waals surface area contributed by atoms with Crippen LogP contribution >= 0.6 is 0 Å². The Kier molecular flexibility index (Phi) is 4.95. The highest BCUT2D eigenvalue weighted by atomic mass is 16.5. The van der Waals surface area contributed by atoms with Gasteiger partial charge in [-0.05, 0) is 31.2 Å². The standard InChI is InChI=1S/C19H21N3O2/c1-14-4-2-5-16(10-14)19(23)22-9-3-6-17(13-22)24-18-11-15(12-20)7-8-21-18/h2,5,7-8,10-11,14,17H,3-4,6,9,13H2,1H3/t14?,17-/m1/s1. The minimum atomic E-state index is -0.0882. The molecule has 0 saturated carbocycles. The number of likely N-dealkylation sites (tertiary alicyclic amines) is 1. The van der Waals surface area contributed by atoms with E-state index in [-0.39, 0.29) is 12.0 Å². The van der Waals surface area contributed by atoms with Crippen molar-refractivity contribution in [1.82, 2.24) is 9.88 Å². The van der Waals surface area contributed by atoms with E-state index < -0.39 is 0 Å². The van der Waals surface area contributed by atoms with Gasteiger partial charge in [0.05, 0.1) is 18.2 Å². The molecule has 0 N–H and O–H groups in total. The van der Waals surface area contributed by atoms with E-state index >= 15 is 0 Å². The van der Waals surface area contributed by atoms with Crippen molar-refractivity contribution in [2.75, 3.05) is 13.1 Å². The zero-order valence-electron chi connectivity index (χ0n) is 13.8. The lowest BCUT2D eigenvalue weighted by Crippen LogP contribution is -2.45. The molecule has 0 bridgehead atoms. The fraction of sp³-hybridized carbons (Fsp3) is 0.421. The van der Waals surface area contributed by atoms with Crippen LogP contribution in [0.15, 0.2) is 42.1 Å². The molecule has 0 aromatic carbocycles. The summed E-state index contributed by atoms with van der Waals surface area (Å²) in [5.74, 6) is 0.923. The molecule has 124 valence electrons. The summed E-state index contributed by atoms with van der Waals surface area (Å²) in [4.78, 5) is 18.7. The van der Waals surface area contributed by atoms with Gasteiger partial charge in [-0.3, -0.25) is 4.79 Å². The number of hydrogen-bond donors (Lipinski definition) is 0. The molecule has 2 aliphatic rings. The smallest absolute Gasteiger partial charge is 0.253 e. The van der Waals surface area contributed by atoms with Crippen molar-refractivity contribution < 1.29 is 9.53 Å². The Morgan fingerprint density at radius 2 is 2.38 bits per heavy atom. The summed E-state index contributed by atoms with van der Waals surface area (Å²) in [6.45, 7) is 3.42. The number of carbonyl (C=O) groups is 1. The fourth-order valence-electron chi connectivity index (χ4n) is 3.10. The maximum absolute atomic E-state index is 12.7. The van der Waals surface area contributed by atoms with Crippen LogP contribution in [0.4, 0.5) is 0 Å². The van der Waals surface area contributed by atoms with Crippen molar-refractivity contribution in [2.24, 2.45) is 5.92 Å². The first-order valence-corrected chi connectivity index (χ1v) is 8.36. The Bertz CT molecular complexity index is 718. The second-order valence-electron chi connectivity index (χ2n) is 6.37. The number of carbonyl (C=O) groups excluding carboxylic acids is 1. The Morgan fingerprint density at radius 3 is 3.17 bits per heavy atom. The molecule has 24 heavy (non-hydrogen) atoms. The second kappa shape index (κ2) is 7.31. The number of rotatable bonds is 3. The van der Waals surface area contributed by atoms with Gasteiger partial charge in [0.1, 0.15) is 6.10 Å². The maximum atomic E-state index is 12.7. The van der Waals surface area contributed by atoms with Crippen molar-refractivity contribution in [3.05, 3.63) is 47.7 Å². The summed E-state index contributed by atoms with van der Waals surface area (Å²) in [5, 5.41) is 8.95. The molecule has 2 heterocycles. The topological polar surface area (TPSA) is 66.2 Å². The lowest BCUT2D eigenvalue weighted by atomic mass is 9.96. The first kappa shape index (κ1) is 16.3. The van der Waals surface area contributed by atoms with Gasteiger partial charge in [-0.15, -0.1) is 0 Å². The molecule has 1 fully saturated rings. The minimum Gasteiger partial charge on any atom is -0.472 e. The van der Waals surface area contributed by atoms with Crippen molar-refractivity contribution in [3.63, 3.8) is 0 Å².